The van der Waals surface area contributed by atoms with Gasteiger partial charge in [0.1, 0.15) is 0 Å². The average Bonchev–Trinajstić information content (AvgIpc) is 2.80. The van der Waals surface area contributed by atoms with Crippen molar-refractivity contribution in [2.24, 2.45) is 0 Å². The van der Waals surface area contributed by atoms with E-state index in [1.165, 1.54) is 6.42 Å². The Labute approximate surface area is 115 Å². The maximum atomic E-state index is 6.27. The number of hydrogen-bond acceptors (Lipinski definition) is 3. The van der Waals surface area contributed by atoms with E-state index in [0.717, 1.165) is 42.6 Å². The van der Waals surface area contributed by atoms with Gasteiger partial charge in [-0.1, -0.05) is 31.5 Å². The van der Waals surface area contributed by atoms with Crippen LogP contribution in [-0.4, -0.2) is 37.1 Å². The summed E-state index contributed by atoms with van der Waals surface area (Å²) in [5.74, 6) is 0. The summed E-state index contributed by atoms with van der Waals surface area (Å²) in [6.07, 6.45) is 1.19. The number of hydrogen-bond donors (Lipinski definition) is 1. The summed E-state index contributed by atoms with van der Waals surface area (Å²) < 4.78 is 0. The van der Waals surface area contributed by atoms with E-state index in [1.54, 1.807) is 0 Å². The molecule has 0 aliphatic carbocycles. The number of benzene rings is 1. The second-order valence-corrected chi connectivity index (χ2v) is 5.19. The molecule has 1 aromatic carbocycles. The van der Waals surface area contributed by atoms with Gasteiger partial charge in [0.25, 0.3) is 0 Å². The Bertz CT molecular complexity index is 384. The first-order valence-electron chi connectivity index (χ1n) is 6.70. The number of halogens is 1. The summed E-state index contributed by atoms with van der Waals surface area (Å²) in [5, 5.41) is 0.759. The molecule has 18 heavy (non-hydrogen) atoms. The Morgan fingerprint density at radius 1 is 1.39 bits per heavy atom. The number of nitrogens with two attached hydrogens (primary N) is 1. The summed E-state index contributed by atoms with van der Waals surface area (Å²) in [4.78, 5) is 4.83. The molecule has 1 saturated heterocycles. The zero-order valence-electron chi connectivity index (χ0n) is 11.2. The van der Waals surface area contributed by atoms with E-state index in [0.29, 0.717) is 6.04 Å². The number of anilines is 2. The summed E-state index contributed by atoms with van der Waals surface area (Å²) in [6, 6.07) is 6.36. The Hall–Kier alpha value is -0.930. The van der Waals surface area contributed by atoms with Crippen molar-refractivity contribution in [3.63, 3.8) is 0 Å². The van der Waals surface area contributed by atoms with Crippen LogP contribution >= 0.6 is 11.6 Å². The molecule has 1 unspecified atom stereocenters. The van der Waals surface area contributed by atoms with E-state index in [-0.39, 0.29) is 0 Å². The molecule has 1 heterocycles. The van der Waals surface area contributed by atoms with Crippen molar-refractivity contribution >= 4 is 23.0 Å². The number of rotatable bonds is 4. The fourth-order valence-electron chi connectivity index (χ4n) is 2.85. The first kappa shape index (κ1) is 13.5. The molecule has 0 bridgehead atoms. The Kier molecular flexibility index (Phi) is 4.36. The molecule has 1 aromatic rings. The highest BCUT2D eigenvalue weighted by molar-refractivity contribution is 6.34. The van der Waals surface area contributed by atoms with Crippen LogP contribution in [0.5, 0.6) is 0 Å². The molecule has 1 aliphatic heterocycles. The molecule has 4 heteroatoms. The van der Waals surface area contributed by atoms with Crippen LogP contribution in [0.25, 0.3) is 0 Å². The van der Waals surface area contributed by atoms with Crippen molar-refractivity contribution < 1.29 is 0 Å². The van der Waals surface area contributed by atoms with Gasteiger partial charge in [0.15, 0.2) is 0 Å². The zero-order chi connectivity index (χ0) is 13.1. The number of para-hydroxylation sites is 1. The molecule has 100 valence electrons. The number of likely N-dealkylation sites (N-methyl/N-ethyl adjacent to an activating group) is 1. The maximum absolute atomic E-state index is 6.27. The molecule has 2 N–H and O–H groups in total. The standard InChI is InChI=1S/C14H22ClN3/c1-3-17(4-2)11-8-9-18(10-11)14-12(15)6-5-7-13(14)16/h5-7,11H,3-4,8-10,16H2,1-2H3. The zero-order valence-corrected chi connectivity index (χ0v) is 12.0. The Morgan fingerprint density at radius 2 is 2.11 bits per heavy atom. The molecular weight excluding hydrogens is 246 g/mol. The lowest BCUT2D eigenvalue weighted by molar-refractivity contribution is 0.232. The molecule has 0 radical (unpaired) electrons. The van der Waals surface area contributed by atoms with Gasteiger partial charge in [-0.2, -0.15) is 0 Å². The SMILES string of the molecule is CCN(CC)C1CCN(c2c(N)cccc2Cl)C1. The molecular formula is C14H22ClN3. The van der Waals surface area contributed by atoms with Gasteiger partial charge in [-0.05, 0) is 31.6 Å². The van der Waals surface area contributed by atoms with Gasteiger partial charge in [-0.3, -0.25) is 4.90 Å². The average molecular weight is 268 g/mol. The first-order valence-corrected chi connectivity index (χ1v) is 7.08. The van der Waals surface area contributed by atoms with Gasteiger partial charge >= 0.3 is 0 Å². The van der Waals surface area contributed by atoms with E-state index in [1.807, 2.05) is 18.2 Å². The topological polar surface area (TPSA) is 32.5 Å². The molecule has 3 nitrogen and oxygen atoms in total. The van der Waals surface area contributed by atoms with Crippen LogP contribution in [0.15, 0.2) is 18.2 Å². The normalized spacial score (nSPS) is 19.8. The highest BCUT2D eigenvalue weighted by Crippen LogP contribution is 2.34. The van der Waals surface area contributed by atoms with Crippen molar-refractivity contribution in [3.05, 3.63) is 23.2 Å². The fraction of sp³-hybridized carbons (Fsp3) is 0.571. The van der Waals surface area contributed by atoms with Crippen molar-refractivity contribution in [1.29, 1.82) is 0 Å². The monoisotopic (exact) mass is 267 g/mol. The van der Waals surface area contributed by atoms with Gasteiger partial charge in [-0.15, -0.1) is 0 Å². The quantitative estimate of drug-likeness (QED) is 0.852. The largest absolute Gasteiger partial charge is 0.397 e. The summed E-state index contributed by atoms with van der Waals surface area (Å²) in [5.41, 5.74) is 7.84. The number of nitrogens with zero attached hydrogens (tertiary/aromatic N) is 2. The van der Waals surface area contributed by atoms with E-state index in [9.17, 15) is 0 Å². The van der Waals surface area contributed by atoms with Gasteiger partial charge in [0.2, 0.25) is 0 Å². The molecule has 0 amide bonds. The van der Waals surface area contributed by atoms with E-state index in [2.05, 4.69) is 23.6 Å². The third-order valence-electron chi connectivity index (χ3n) is 3.83. The van der Waals surface area contributed by atoms with Gasteiger partial charge in [0.05, 0.1) is 16.4 Å². The lowest BCUT2D eigenvalue weighted by Crippen LogP contribution is -2.37. The van der Waals surface area contributed by atoms with Gasteiger partial charge in [0, 0.05) is 19.1 Å². The van der Waals surface area contributed by atoms with Gasteiger partial charge in [-0.25, -0.2) is 0 Å². The highest BCUT2D eigenvalue weighted by atomic mass is 35.5. The molecule has 0 aromatic heterocycles. The number of nitrogen functional groups attached to an aromatic ring is 1. The third kappa shape index (κ3) is 2.57. The predicted octanol–water partition coefficient (Wildman–Crippen LogP) is 2.84. The van der Waals surface area contributed by atoms with E-state index < -0.39 is 0 Å². The van der Waals surface area contributed by atoms with Crippen LogP contribution in [0, 0.1) is 0 Å². The van der Waals surface area contributed by atoms with Crippen LogP contribution in [0.4, 0.5) is 11.4 Å². The minimum atomic E-state index is 0.621. The van der Waals surface area contributed by atoms with E-state index >= 15 is 0 Å². The van der Waals surface area contributed by atoms with Crippen molar-refractivity contribution in [2.45, 2.75) is 26.3 Å². The van der Waals surface area contributed by atoms with E-state index in [4.69, 9.17) is 17.3 Å². The van der Waals surface area contributed by atoms with Crippen molar-refractivity contribution in [1.82, 2.24) is 4.90 Å². The van der Waals surface area contributed by atoms with Gasteiger partial charge < -0.3 is 10.6 Å². The minimum Gasteiger partial charge on any atom is -0.397 e. The lowest BCUT2D eigenvalue weighted by Gasteiger charge is -2.27. The third-order valence-corrected chi connectivity index (χ3v) is 4.13. The maximum Gasteiger partial charge on any atom is 0.0789 e. The molecule has 0 spiro atoms. The van der Waals surface area contributed by atoms with Crippen LogP contribution in [-0.2, 0) is 0 Å². The second kappa shape index (κ2) is 5.81. The summed E-state index contributed by atoms with van der Waals surface area (Å²) in [6.45, 7) is 8.71. The predicted molar refractivity (Wildman–Crippen MR) is 79.4 cm³/mol. The molecule has 2 rings (SSSR count). The van der Waals surface area contributed by atoms with Crippen molar-refractivity contribution in [3.8, 4) is 0 Å². The molecule has 0 saturated carbocycles. The van der Waals surface area contributed by atoms with Crippen LogP contribution < -0.4 is 10.6 Å². The lowest BCUT2D eigenvalue weighted by atomic mass is 10.2. The van der Waals surface area contributed by atoms with Crippen LogP contribution in [0.1, 0.15) is 20.3 Å². The molecule has 1 aliphatic rings. The smallest absolute Gasteiger partial charge is 0.0789 e. The molecule has 1 fully saturated rings. The first-order chi connectivity index (χ1) is 8.67. The Morgan fingerprint density at radius 3 is 2.72 bits per heavy atom. The Balaban J connectivity index is 2.13. The minimum absolute atomic E-state index is 0.621. The van der Waals surface area contributed by atoms with Crippen LogP contribution in [0.3, 0.4) is 0 Å². The van der Waals surface area contributed by atoms with Crippen LogP contribution in [0.2, 0.25) is 5.02 Å². The van der Waals surface area contributed by atoms with Crippen molar-refractivity contribution in [2.75, 3.05) is 36.8 Å². The molecule has 1 atom stereocenters. The fourth-order valence-corrected chi connectivity index (χ4v) is 3.15. The summed E-state index contributed by atoms with van der Waals surface area (Å²) in [7, 11) is 0. The second-order valence-electron chi connectivity index (χ2n) is 4.79. The highest BCUT2D eigenvalue weighted by Gasteiger charge is 2.28. The summed E-state index contributed by atoms with van der Waals surface area (Å²) >= 11 is 6.27.